The zero-order chi connectivity index (χ0) is 15.8. The van der Waals surface area contributed by atoms with Crippen molar-refractivity contribution >= 4 is 0 Å². The summed E-state index contributed by atoms with van der Waals surface area (Å²) in [6, 6.07) is 6.83. The maximum absolute atomic E-state index is 6.12. The van der Waals surface area contributed by atoms with Crippen molar-refractivity contribution in [3.05, 3.63) is 29.3 Å². The summed E-state index contributed by atoms with van der Waals surface area (Å²) >= 11 is 0. The third-order valence-corrected chi connectivity index (χ3v) is 3.58. The molecule has 1 atom stereocenters. The van der Waals surface area contributed by atoms with Gasteiger partial charge >= 0.3 is 0 Å². The van der Waals surface area contributed by atoms with E-state index in [4.69, 9.17) is 9.47 Å². The molecule has 0 bridgehead atoms. The van der Waals surface area contributed by atoms with Gasteiger partial charge in [0.1, 0.15) is 12.4 Å². The van der Waals surface area contributed by atoms with E-state index in [1.54, 1.807) is 7.11 Å². The minimum atomic E-state index is 0.350. The molecular weight excluding hydrogens is 262 g/mol. The topological polar surface area (TPSA) is 30.5 Å². The van der Waals surface area contributed by atoms with Crippen LogP contribution in [-0.4, -0.2) is 32.9 Å². The molecule has 1 aromatic rings. The fourth-order valence-corrected chi connectivity index (χ4v) is 2.42. The van der Waals surface area contributed by atoms with Gasteiger partial charge in [-0.1, -0.05) is 45.9 Å². The number of ether oxygens (including phenoxy) is 2. The van der Waals surface area contributed by atoms with Crippen molar-refractivity contribution in [3.8, 4) is 5.75 Å². The lowest BCUT2D eigenvalue weighted by atomic mass is 9.94. The van der Waals surface area contributed by atoms with Gasteiger partial charge in [0.25, 0.3) is 0 Å². The fraction of sp³-hybridized carbons (Fsp3) is 0.667. The van der Waals surface area contributed by atoms with E-state index < -0.39 is 0 Å². The summed E-state index contributed by atoms with van der Waals surface area (Å²) in [4.78, 5) is 0. The van der Waals surface area contributed by atoms with Crippen LogP contribution < -0.4 is 10.1 Å². The molecule has 120 valence electrons. The molecule has 3 heteroatoms. The van der Waals surface area contributed by atoms with Gasteiger partial charge < -0.3 is 14.8 Å². The molecule has 1 N–H and O–H groups in total. The van der Waals surface area contributed by atoms with Crippen LogP contribution in [0.15, 0.2) is 18.2 Å². The van der Waals surface area contributed by atoms with Crippen molar-refractivity contribution in [2.24, 2.45) is 0 Å². The summed E-state index contributed by atoms with van der Waals surface area (Å²) in [5.41, 5.74) is 2.59. The quantitative estimate of drug-likeness (QED) is 0.700. The van der Waals surface area contributed by atoms with Crippen molar-refractivity contribution in [3.63, 3.8) is 0 Å². The fourth-order valence-electron chi connectivity index (χ4n) is 2.42. The van der Waals surface area contributed by atoms with Gasteiger partial charge in [-0.05, 0) is 29.9 Å². The Balaban J connectivity index is 2.68. The Morgan fingerprint density at radius 3 is 2.05 bits per heavy atom. The average Bonchev–Trinajstić information content (AvgIpc) is 2.43. The first kappa shape index (κ1) is 18.0. The lowest BCUT2D eigenvalue weighted by molar-refractivity contribution is 0.169. The molecule has 1 aromatic carbocycles. The van der Waals surface area contributed by atoms with Crippen LogP contribution in [0, 0.1) is 0 Å². The average molecular weight is 293 g/mol. The molecule has 1 unspecified atom stereocenters. The lowest BCUT2D eigenvalue weighted by Crippen LogP contribution is -2.33. The second-order valence-corrected chi connectivity index (χ2v) is 6.23. The smallest absolute Gasteiger partial charge is 0.126 e. The molecule has 0 spiro atoms. The van der Waals surface area contributed by atoms with Crippen LogP contribution in [0.3, 0.4) is 0 Å². The van der Waals surface area contributed by atoms with Gasteiger partial charge in [-0.15, -0.1) is 0 Å². The number of methoxy groups -OCH3 is 1. The highest BCUT2D eigenvalue weighted by atomic mass is 16.5. The third-order valence-electron chi connectivity index (χ3n) is 3.58. The first-order valence-electron chi connectivity index (χ1n) is 7.95. The second-order valence-electron chi connectivity index (χ2n) is 6.23. The number of hydrogen-bond acceptors (Lipinski definition) is 3. The highest BCUT2D eigenvalue weighted by Crippen LogP contribution is 2.34. The summed E-state index contributed by atoms with van der Waals surface area (Å²) in [5.74, 6) is 2.02. The Morgan fingerprint density at radius 2 is 1.57 bits per heavy atom. The van der Waals surface area contributed by atoms with Gasteiger partial charge in [0.05, 0.1) is 6.61 Å². The first-order chi connectivity index (χ1) is 9.97. The molecule has 21 heavy (non-hydrogen) atoms. The monoisotopic (exact) mass is 293 g/mol. The SMILES string of the molecule is COCC(C)NCCOc1c(C(C)C)cccc1C(C)C. The van der Waals surface area contributed by atoms with Gasteiger partial charge in [-0.3, -0.25) is 0 Å². The van der Waals surface area contributed by atoms with Crippen LogP contribution in [0.5, 0.6) is 5.75 Å². The number of hydrogen-bond donors (Lipinski definition) is 1. The van der Waals surface area contributed by atoms with Crippen LogP contribution in [-0.2, 0) is 4.74 Å². The number of benzene rings is 1. The normalized spacial score (nSPS) is 13.0. The molecule has 0 amide bonds. The van der Waals surface area contributed by atoms with Gasteiger partial charge in [0.2, 0.25) is 0 Å². The molecule has 0 saturated carbocycles. The van der Waals surface area contributed by atoms with Crippen molar-refractivity contribution in [2.45, 2.75) is 52.5 Å². The zero-order valence-corrected chi connectivity index (χ0v) is 14.4. The van der Waals surface area contributed by atoms with Gasteiger partial charge in [-0.25, -0.2) is 0 Å². The molecule has 0 aromatic heterocycles. The summed E-state index contributed by atoms with van der Waals surface area (Å²) in [7, 11) is 1.72. The Hall–Kier alpha value is -1.06. The number of rotatable bonds is 9. The standard InChI is InChI=1S/C18H31NO2/c1-13(2)16-8-7-9-17(14(3)4)18(16)21-11-10-19-15(5)12-20-6/h7-9,13-15,19H,10-12H2,1-6H3. The first-order valence-corrected chi connectivity index (χ1v) is 7.95. The lowest BCUT2D eigenvalue weighted by Gasteiger charge is -2.20. The van der Waals surface area contributed by atoms with Crippen molar-refractivity contribution < 1.29 is 9.47 Å². The number of para-hydroxylation sites is 1. The number of nitrogens with one attached hydrogen (secondary N) is 1. The largest absolute Gasteiger partial charge is 0.492 e. The highest BCUT2D eigenvalue weighted by molar-refractivity contribution is 5.44. The molecule has 0 heterocycles. The molecule has 0 fully saturated rings. The van der Waals surface area contributed by atoms with E-state index in [1.165, 1.54) is 11.1 Å². The van der Waals surface area contributed by atoms with Crippen molar-refractivity contribution in [1.82, 2.24) is 5.32 Å². The van der Waals surface area contributed by atoms with E-state index in [0.29, 0.717) is 24.5 Å². The molecule has 0 radical (unpaired) electrons. The van der Waals surface area contributed by atoms with E-state index in [0.717, 1.165) is 18.9 Å². The molecule has 0 saturated heterocycles. The van der Waals surface area contributed by atoms with E-state index in [2.05, 4.69) is 58.1 Å². The third kappa shape index (κ3) is 5.68. The molecule has 0 aliphatic carbocycles. The van der Waals surface area contributed by atoms with E-state index in [9.17, 15) is 0 Å². The second kappa shape index (κ2) is 9.06. The van der Waals surface area contributed by atoms with Crippen LogP contribution >= 0.6 is 0 Å². The highest BCUT2D eigenvalue weighted by Gasteiger charge is 2.14. The van der Waals surface area contributed by atoms with Crippen molar-refractivity contribution in [2.75, 3.05) is 26.9 Å². The Morgan fingerprint density at radius 1 is 1.00 bits per heavy atom. The summed E-state index contributed by atoms with van der Waals surface area (Å²) in [6.45, 7) is 13.2. The predicted octanol–water partition coefficient (Wildman–Crippen LogP) is 3.94. The van der Waals surface area contributed by atoms with E-state index in [1.807, 2.05) is 0 Å². The zero-order valence-electron chi connectivity index (χ0n) is 14.4. The van der Waals surface area contributed by atoms with E-state index >= 15 is 0 Å². The van der Waals surface area contributed by atoms with Crippen LogP contribution in [0.4, 0.5) is 0 Å². The molecule has 1 rings (SSSR count). The molecule has 3 nitrogen and oxygen atoms in total. The molecular formula is C18H31NO2. The van der Waals surface area contributed by atoms with E-state index in [-0.39, 0.29) is 0 Å². The van der Waals surface area contributed by atoms with Crippen LogP contribution in [0.1, 0.15) is 57.6 Å². The van der Waals surface area contributed by atoms with Gasteiger partial charge in [0, 0.05) is 19.7 Å². The molecule has 0 aliphatic rings. The summed E-state index contributed by atoms with van der Waals surface area (Å²) in [5, 5.41) is 3.40. The summed E-state index contributed by atoms with van der Waals surface area (Å²) < 4.78 is 11.2. The van der Waals surface area contributed by atoms with Gasteiger partial charge in [-0.2, -0.15) is 0 Å². The predicted molar refractivity (Wildman–Crippen MR) is 89.5 cm³/mol. The van der Waals surface area contributed by atoms with Crippen LogP contribution in [0.2, 0.25) is 0 Å². The van der Waals surface area contributed by atoms with Gasteiger partial charge in [0.15, 0.2) is 0 Å². The van der Waals surface area contributed by atoms with Crippen molar-refractivity contribution in [1.29, 1.82) is 0 Å². The Labute approximate surface area is 130 Å². The molecule has 0 aliphatic heterocycles. The van der Waals surface area contributed by atoms with Crippen LogP contribution in [0.25, 0.3) is 0 Å². The summed E-state index contributed by atoms with van der Waals surface area (Å²) in [6.07, 6.45) is 0. The Bertz CT molecular complexity index is 389. The maximum atomic E-state index is 6.12. The minimum Gasteiger partial charge on any atom is -0.492 e. The Kier molecular flexibility index (Phi) is 7.76. The maximum Gasteiger partial charge on any atom is 0.126 e. The minimum absolute atomic E-state index is 0.350.